The summed E-state index contributed by atoms with van der Waals surface area (Å²) in [6.07, 6.45) is 2.08. The second kappa shape index (κ2) is 5.40. The van der Waals surface area contributed by atoms with E-state index in [1.807, 2.05) is 4.57 Å². The Kier molecular flexibility index (Phi) is 3.59. The van der Waals surface area contributed by atoms with Gasteiger partial charge in [-0.3, -0.25) is 0 Å². The van der Waals surface area contributed by atoms with Crippen LogP contribution >= 0.6 is 0 Å². The second-order valence-electron chi connectivity index (χ2n) is 5.45. The summed E-state index contributed by atoms with van der Waals surface area (Å²) < 4.78 is 30.5. The van der Waals surface area contributed by atoms with Crippen LogP contribution in [0.15, 0.2) is 18.5 Å². The summed E-state index contributed by atoms with van der Waals surface area (Å²) in [7, 11) is 0. The molecule has 0 bridgehead atoms. The Labute approximate surface area is 121 Å². The minimum Gasteiger partial charge on any atom is -0.357 e. The van der Waals surface area contributed by atoms with Gasteiger partial charge in [0.2, 0.25) is 0 Å². The lowest BCUT2D eigenvalue weighted by molar-refractivity contribution is 0.520. The van der Waals surface area contributed by atoms with Crippen LogP contribution in [0.2, 0.25) is 0 Å². The molecule has 1 aliphatic rings. The van der Waals surface area contributed by atoms with E-state index in [1.54, 1.807) is 18.2 Å². The Morgan fingerprint density at radius 3 is 2.67 bits per heavy atom. The maximum Gasteiger partial charge on any atom is 0.152 e. The quantitative estimate of drug-likeness (QED) is 0.931. The third-order valence-corrected chi connectivity index (χ3v) is 3.59. The van der Waals surface area contributed by atoms with Gasteiger partial charge in [-0.25, -0.2) is 8.78 Å². The number of aromatic nitrogens is 3. The fourth-order valence-corrected chi connectivity index (χ4v) is 2.67. The number of anilines is 1. The number of benzene rings is 1. The van der Waals surface area contributed by atoms with E-state index in [-0.39, 0.29) is 11.7 Å². The van der Waals surface area contributed by atoms with Crippen molar-refractivity contribution in [1.82, 2.24) is 14.8 Å². The molecule has 5 nitrogen and oxygen atoms in total. The first-order chi connectivity index (χ1) is 10.0. The van der Waals surface area contributed by atoms with Gasteiger partial charge in [-0.1, -0.05) is 0 Å². The fraction of sp³-hybridized carbons (Fsp3) is 0.429. The summed E-state index contributed by atoms with van der Waals surface area (Å²) in [5.41, 5.74) is 6.24. The third kappa shape index (κ3) is 2.73. The van der Waals surface area contributed by atoms with E-state index < -0.39 is 11.6 Å². The number of hydrogen-bond donors (Lipinski definition) is 1. The van der Waals surface area contributed by atoms with Crippen LogP contribution in [0.5, 0.6) is 0 Å². The molecule has 1 atom stereocenters. The van der Waals surface area contributed by atoms with E-state index in [0.29, 0.717) is 37.4 Å². The lowest BCUT2D eigenvalue weighted by Crippen LogP contribution is -2.34. The van der Waals surface area contributed by atoms with Gasteiger partial charge in [-0.15, -0.1) is 10.2 Å². The molecule has 1 aromatic heterocycles. The zero-order chi connectivity index (χ0) is 15.0. The molecule has 2 aromatic rings. The van der Waals surface area contributed by atoms with Gasteiger partial charge in [-0.2, -0.15) is 0 Å². The van der Waals surface area contributed by atoms with E-state index in [0.717, 1.165) is 0 Å². The minimum atomic E-state index is -0.557. The number of fused-ring (bicyclic) bond motifs is 1. The predicted molar refractivity (Wildman–Crippen MR) is 74.8 cm³/mol. The molecule has 112 valence electrons. The van der Waals surface area contributed by atoms with Crippen molar-refractivity contribution in [3.8, 4) is 0 Å². The van der Waals surface area contributed by atoms with Crippen LogP contribution in [0.3, 0.4) is 0 Å². The smallest absolute Gasteiger partial charge is 0.152 e. The summed E-state index contributed by atoms with van der Waals surface area (Å²) in [4.78, 5) is 1.66. The average Bonchev–Trinajstić information content (AvgIpc) is 2.84. The van der Waals surface area contributed by atoms with Gasteiger partial charge in [0.25, 0.3) is 0 Å². The highest BCUT2D eigenvalue weighted by atomic mass is 19.1. The second-order valence-corrected chi connectivity index (χ2v) is 5.45. The first-order valence-electron chi connectivity index (χ1n) is 6.89. The van der Waals surface area contributed by atoms with Crippen LogP contribution in [0.25, 0.3) is 0 Å². The maximum atomic E-state index is 14.3. The van der Waals surface area contributed by atoms with Gasteiger partial charge in [-0.05, 0) is 31.0 Å². The maximum absolute atomic E-state index is 14.3. The van der Waals surface area contributed by atoms with Crippen LogP contribution in [0.1, 0.15) is 18.3 Å². The highest BCUT2D eigenvalue weighted by Crippen LogP contribution is 2.28. The zero-order valence-electron chi connectivity index (χ0n) is 11.8. The summed E-state index contributed by atoms with van der Waals surface area (Å²) in [6, 6.07) is 2.59. The summed E-state index contributed by atoms with van der Waals surface area (Å²) in [6.45, 7) is 3.29. The molecule has 0 fully saturated rings. The lowest BCUT2D eigenvalue weighted by atomic mass is 10.1. The summed E-state index contributed by atoms with van der Waals surface area (Å²) in [5, 5.41) is 7.77. The normalized spacial score (nSPS) is 15.9. The standard InChI is InChI=1S/C14H17F2N5/c1-9(17)4-10-5-11(15)14(12(16)6-10)20-2-3-21-8-18-19-13(21)7-20/h5-6,8-9H,2-4,7,17H2,1H3. The van der Waals surface area contributed by atoms with Crippen LogP contribution in [-0.2, 0) is 19.5 Å². The van der Waals surface area contributed by atoms with Crippen LogP contribution in [-0.4, -0.2) is 27.4 Å². The average molecular weight is 293 g/mol. The SMILES string of the molecule is CC(N)Cc1cc(F)c(N2CCn3cnnc3C2)c(F)c1. The lowest BCUT2D eigenvalue weighted by Gasteiger charge is -2.29. The molecule has 2 heterocycles. The molecule has 0 saturated carbocycles. The molecular weight excluding hydrogens is 276 g/mol. The monoisotopic (exact) mass is 293 g/mol. The number of nitrogens with two attached hydrogens (primary N) is 1. The molecule has 7 heteroatoms. The molecule has 1 unspecified atom stereocenters. The van der Waals surface area contributed by atoms with Crippen molar-refractivity contribution in [3.63, 3.8) is 0 Å². The Hall–Kier alpha value is -2.02. The molecular formula is C14H17F2N5. The molecule has 2 N–H and O–H groups in total. The molecule has 0 amide bonds. The molecule has 1 aliphatic heterocycles. The van der Waals surface area contributed by atoms with Gasteiger partial charge in [0.15, 0.2) is 5.82 Å². The van der Waals surface area contributed by atoms with Crippen molar-refractivity contribution in [2.45, 2.75) is 32.5 Å². The number of hydrogen-bond acceptors (Lipinski definition) is 4. The van der Waals surface area contributed by atoms with E-state index in [9.17, 15) is 8.78 Å². The van der Waals surface area contributed by atoms with Crippen LogP contribution in [0.4, 0.5) is 14.5 Å². The third-order valence-electron chi connectivity index (χ3n) is 3.59. The molecule has 3 rings (SSSR count). The molecule has 0 spiro atoms. The Bertz CT molecular complexity index is 630. The highest BCUT2D eigenvalue weighted by molar-refractivity contribution is 5.51. The van der Waals surface area contributed by atoms with Crippen LogP contribution < -0.4 is 10.6 Å². The minimum absolute atomic E-state index is 0.00215. The first kappa shape index (κ1) is 13.9. The summed E-state index contributed by atoms with van der Waals surface area (Å²) >= 11 is 0. The van der Waals surface area contributed by atoms with Crippen molar-refractivity contribution in [2.24, 2.45) is 5.73 Å². The van der Waals surface area contributed by atoms with Crippen molar-refractivity contribution in [2.75, 3.05) is 11.4 Å². The van der Waals surface area contributed by atoms with Crippen molar-refractivity contribution in [3.05, 3.63) is 41.5 Å². The van der Waals surface area contributed by atoms with Crippen molar-refractivity contribution < 1.29 is 8.78 Å². The zero-order valence-corrected chi connectivity index (χ0v) is 11.8. The Balaban J connectivity index is 1.89. The predicted octanol–water partition coefficient (Wildman–Crippen LogP) is 1.47. The number of halogens is 2. The number of rotatable bonds is 3. The molecule has 0 saturated heterocycles. The van der Waals surface area contributed by atoms with E-state index in [1.165, 1.54) is 12.1 Å². The van der Waals surface area contributed by atoms with Gasteiger partial charge in [0, 0.05) is 19.1 Å². The van der Waals surface area contributed by atoms with E-state index in [4.69, 9.17) is 5.73 Å². The van der Waals surface area contributed by atoms with E-state index >= 15 is 0 Å². The van der Waals surface area contributed by atoms with Gasteiger partial charge in [0.05, 0.1) is 6.54 Å². The van der Waals surface area contributed by atoms with Crippen molar-refractivity contribution in [1.29, 1.82) is 0 Å². The molecule has 1 aromatic carbocycles. The largest absolute Gasteiger partial charge is 0.357 e. The van der Waals surface area contributed by atoms with Gasteiger partial charge in [0.1, 0.15) is 23.6 Å². The van der Waals surface area contributed by atoms with Crippen molar-refractivity contribution >= 4 is 5.69 Å². The topological polar surface area (TPSA) is 60.0 Å². The fourth-order valence-electron chi connectivity index (χ4n) is 2.67. The van der Waals surface area contributed by atoms with E-state index in [2.05, 4.69) is 10.2 Å². The molecule has 21 heavy (non-hydrogen) atoms. The van der Waals surface area contributed by atoms with Crippen LogP contribution in [0, 0.1) is 11.6 Å². The Morgan fingerprint density at radius 2 is 2.00 bits per heavy atom. The molecule has 0 aliphatic carbocycles. The highest BCUT2D eigenvalue weighted by Gasteiger charge is 2.23. The Morgan fingerprint density at radius 1 is 1.29 bits per heavy atom. The van der Waals surface area contributed by atoms with Gasteiger partial charge >= 0.3 is 0 Å². The first-order valence-corrected chi connectivity index (χ1v) is 6.89. The van der Waals surface area contributed by atoms with Gasteiger partial charge < -0.3 is 15.2 Å². The molecule has 0 radical (unpaired) electrons. The number of nitrogens with zero attached hydrogens (tertiary/aromatic N) is 4. The summed E-state index contributed by atoms with van der Waals surface area (Å²) in [5.74, 6) is -0.406.